The SMILES string of the molecule is C1=CC2C(C=C1)S1(CCCC1)c1ccccc1N2c1ccc2c3ccccc3c3c4ccccc4c4ccccc4c3c2c1. The molecule has 2 atom stereocenters. The number of benzene rings is 7. The van der Waals surface area contributed by atoms with Crippen LogP contribution < -0.4 is 4.90 Å². The van der Waals surface area contributed by atoms with Crippen LogP contribution in [-0.4, -0.2) is 22.8 Å². The van der Waals surface area contributed by atoms with Crippen LogP contribution in [0.25, 0.3) is 53.9 Å². The van der Waals surface area contributed by atoms with Crippen LogP contribution in [0, 0.1) is 0 Å². The highest BCUT2D eigenvalue weighted by molar-refractivity contribution is 8.34. The third-order valence-corrected chi connectivity index (χ3v) is 15.4. The van der Waals surface area contributed by atoms with Crippen molar-refractivity contribution in [1.29, 1.82) is 0 Å². The van der Waals surface area contributed by atoms with Gasteiger partial charge in [-0.05, 0) is 102 Å². The number of fused-ring (bicyclic) bond motifs is 15. The van der Waals surface area contributed by atoms with E-state index in [1.165, 1.54) is 89.6 Å². The van der Waals surface area contributed by atoms with Gasteiger partial charge in [-0.25, -0.2) is 10.0 Å². The highest BCUT2D eigenvalue weighted by atomic mass is 32.3. The van der Waals surface area contributed by atoms with E-state index in [1.54, 1.807) is 4.90 Å². The molecule has 10 rings (SSSR count). The lowest BCUT2D eigenvalue weighted by molar-refractivity contribution is 0.767. The summed E-state index contributed by atoms with van der Waals surface area (Å²) in [5.41, 5.74) is 2.71. The molecule has 2 aliphatic heterocycles. The zero-order valence-corrected chi connectivity index (χ0v) is 25.4. The summed E-state index contributed by atoms with van der Waals surface area (Å²) in [6.07, 6.45) is 12.4. The molecular weight excluding hydrogens is 551 g/mol. The molecule has 7 aromatic rings. The van der Waals surface area contributed by atoms with Crippen molar-refractivity contribution in [2.45, 2.75) is 29.0 Å². The van der Waals surface area contributed by atoms with Crippen LogP contribution in [0.3, 0.4) is 0 Å². The summed E-state index contributed by atoms with van der Waals surface area (Å²) in [6, 6.07) is 44.1. The van der Waals surface area contributed by atoms with Crippen LogP contribution in [-0.2, 0) is 0 Å². The fourth-order valence-corrected chi connectivity index (χ4v) is 13.9. The minimum absolute atomic E-state index is 0.338. The Bertz CT molecular complexity index is 2360. The molecule has 1 fully saturated rings. The Kier molecular flexibility index (Phi) is 5.22. The maximum Gasteiger partial charge on any atom is 0.0668 e. The molecule has 0 N–H and O–H groups in total. The predicted molar refractivity (Wildman–Crippen MR) is 193 cm³/mol. The number of rotatable bonds is 1. The van der Waals surface area contributed by atoms with Crippen molar-refractivity contribution in [2.75, 3.05) is 16.4 Å². The van der Waals surface area contributed by atoms with E-state index in [2.05, 4.69) is 144 Å². The summed E-state index contributed by atoms with van der Waals surface area (Å²) < 4.78 is 0. The van der Waals surface area contributed by atoms with Crippen molar-refractivity contribution in [3.05, 3.63) is 140 Å². The van der Waals surface area contributed by atoms with Crippen LogP contribution in [0.1, 0.15) is 12.8 Å². The number of hydrogen-bond donors (Lipinski definition) is 0. The molecule has 0 saturated carbocycles. The lowest BCUT2D eigenvalue weighted by Gasteiger charge is -2.55. The standard InChI is InChI=1S/C42H33NS/c1-4-16-33-29(13-1)30-14-2-6-18-35(30)42-36-27-28(23-24-32(36)31-15-3-5-17-34(31)41(33)42)43-37-19-7-9-21-39(37)44(25-11-12-26-44)40-22-10-8-20-38(40)43/h1-10,13-24,27,37,39H,11-12,25-26H2. The molecule has 7 aromatic carbocycles. The smallest absolute Gasteiger partial charge is 0.0668 e. The van der Waals surface area contributed by atoms with Gasteiger partial charge in [0.25, 0.3) is 0 Å². The average Bonchev–Trinajstić information content (AvgIpc) is 3.59. The van der Waals surface area contributed by atoms with Crippen LogP contribution >= 0.6 is 10.0 Å². The lowest BCUT2D eigenvalue weighted by Crippen LogP contribution is -2.46. The normalized spacial score (nSPS) is 21.0. The van der Waals surface area contributed by atoms with E-state index in [1.807, 2.05) is 0 Å². The third-order valence-electron chi connectivity index (χ3n) is 10.7. The van der Waals surface area contributed by atoms with E-state index in [9.17, 15) is 0 Å². The molecule has 0 aromatic heterocycles. The minimum Gasteiger partial charge on any atom is -0.332 e. The molecule has 1 spiro atoms. The number of para-hydroxylation sites is 1. The Morgan fingerprint density at radius 1 is 0.500 bits per heavy atom. The van der Waals surface area contributed by atoms with Gasteiger partial charge in [0.05, 0.1) is 11.7 Å². The zero-order chi connectivity index (χ0) is 28.8. The molecule has 1 aliphatic carbocycles. The molecule has 212 valence electrons. The second-order valence-electron chi connectivity index (χ2n) is 12.7. The van der Waals surface area contributed by atoms with E-state index in [-0.39, 0.29) is 0 Å². The van der Waals surface area contributed by atoms with Crippen molar-refractivity contribution in [3.8, 4) is 0 Å². The first-order chi connectivity index (χ1) is 21.8. The summed E-state index contributed by atoms with van der Waals surface area (Å²) in [5.74, 6) is 2.73. The molecule has 2 unspecified atom stereocenters. The Morgan fingerprint density at radius 3 is 1.68 bits per heavy atom. The van der Waals surface area contributed by atoms with E-state index < -0.39 is 10.0 Å². The zero-order valence-electron chi connectivity index (χ0n) is 24.6. The average molecular weight is 584 g/mol. The Labute approximate surface area is 259 Å². The fourth-order valence-electron chi connectivity index (χ4n) is 8.92. The monoisotopic (exact) mass is 583 g/mol. The topological polar surface area (TPSA) is 3.24 Å². The van der Waals surface area contributed by atoms with Crippen molar-refractivity contribution in [2.24, 2.45) is 0 Å². The summed E-state index contributed by atoms with van der Waals surface area (Å²) >= 11 is 0. The maximum atomic E-state index is 2.68. The highest BCUT2D eigenvalue weighted by Crippen LogP contribution is 2.71. The number of nitrogens with zero attached hydrogens (tertiary/aromatic N) is 1. The first-order valence-electron chi connectivity index (χ1n) is 16.0. The molecular formula is C42H33NS. The van der Waals surface area contributed by atoms with Gasteiger partial charge in [0.15, 0.2) is 0 Å². The second kappa shape index (κ2) is 9.24. The van der Waals surface area contributed by atoms with Crippen molar-refractivity contribution in [1.82, 2.24) is 0 Å². The second-order valence-corrected chi connectivity index (χ2v) is 16.4. The first kappa shape index (κ1) is 24.9. The molecule has 3 aliphatic rings. The van der Waals surface area contributed by atoms with Gasteiger partial charge in [-0.3, -0.25) is 0 Å². The van der Waals surface area contributed by atoms with Gasteiger partial charge in [0, 0.05) is 15.8 Å². The van der Waals surface area contributed by atoms with Gasteiger partial charge in [-0.1, -0.05) is 115 Å². The van der Waals surface area contributed by atoms with Gasteiger partial charge in [0.1, 0.15) is 0 Å². The minimum atomic E-state index is -0.902. The van der Waals surface area contributed by atoms with Crippen molar-refractivity contribution < 1.29 is 0 Å². The van der Waals surface area contributed by atoms with Crippen LogP contribution in [0.4, 0.5) is 11.4 Å². The van der Waals surface area contributed by atoms with E-state index in [4.69, 9.17) is 0 Å². The summed E-state index contributed by atoms with van der Waals surface area (Å²) in [7, 11) is -0.902. The number of allylic oxidation sites excluding steroid dienone is 2. The Morgan fingerprint density at radius 2 is 1.02 bits per heavy atom. The predicted octanol–water partition coefficient (Wildman–Crippen LogP) is 11.4. The first-order valence-corrected chi connectivity index (χ1v) is 18.1. The maximum absolute atomic E-state index is 2.68. The van der Waals surface area contributed by atoms with E-state index in [0.717, 1.165) is 0 Å². The summed E-state index contributed by atoms with van der Waals surface area (Å²) in [6.45, 7) is 0. The van der Waals surface area contributed by atoms with Crippen LogP contribution in [0.15, 0.2) is 144 Å². The quantitative estimate of drug-likeness (QED) is 0.174. The van der Waals surface area contributed by atoms with Crippen molar-refractivity contribution >= 4 is 75.3 Å². The van der Waals surface area contributed by atoms with E-state index in [0.29, 0.717) is 11.3 Å². The number of hydrogen-bond acceptors (Lipinski definition) is 1. The Balaban J connectivity index is 1.34. The van der Waals surface area contributed by atoms with Crippen LogP contribution in [0.5, 0.6) is 0 Å². The molecule has 2 heterocycles. The van der Waals surface area contributed by atoms with Crippen LogP contribution in [0.2, 0.25) is 0 Å². The van der Waals surface area contributed by atoms with Gasteiger partial charge in [0.2, 0.25) is 0 Å². The van der Waals surface area contributed by atoms with E-state index >= 15 is 0 Å². The van der Waals surface area contributed by atoms with Gasteiger partial charge >= 0.3 is 0 Å². The fraction of sp³-hybridized carbons (Fsp3) is 0.143. The number of anilines is 2. The van der Waals surface area contributed by atoms with Crippen molar-refractivity contribution in [3.63, 3.8) is 0 Å². The molecule has 1 saturated heterocycles. The lowest BCUT2D eigenvalue weighted by atomic mass is 9.87. The molecule has 1 nitrogen and oxygen atoms in total. The molecule has 0 bridgehead atoms. The van der Waals surface area contributed by atoms with Gasteiger partial charge in [-0.2, -0.15) is 0 Å². The third kappa shape index (κ3) is 3.22. The highest BCUT2D eigenvalue weighted by Gasteiger charge is 2.48. The molecule has 44 heavy (non-hydrogen) atoms. The molecule has 0 amide bonds. The Hall–Kier alpha value is -4.53. The molecule has 0 radical (unpaired) electrons. The summed E-state index contributed by atoms with van der Waals surface area (Å²) in [4.78, 5) is 4.30. The van der Waals surface area contributed by atoms with Gasteiger partial charge in [-0.15, -0.1) is 0 Å². The largest absolute Gasteiger partial charge is 0.332 e. The van der Waals surface area contributed by atoms with Gasteiger partial charge < -0.3 is 4.90 Å². The molecule has 2 heteroatoms. The summed E-state index contributed by atoms with van der Waals surface area (Å²) in [5, 5.41) is 13.9.